The molecular formula is C12H23N. The number of likely N-dealkylation sites (tertiary alicyclic amines) is 1. The second kappa shape index (κ2) is 4.17. The maximum Gasteiger partial charge on any atom is 0.0265 e. The lowest BCUT2D eigenvalue weighted by Crippen LogP contribution is -2.32. The van der Waals surface area contributed by atoms with Crippen LogP contribution in [-0.4, -0.2) is 17.0 Å². The summed E-state index contributed by atoms with van der Waals surface area (Å²) in [4.78, 5) is 2.57. The van der Waals surface area contributed by atoms with Crippen LogP contribution >= 0.6 is 0 Å². The van der Waals surface area contributed by atoms with Gasteiger partial charge >= 0.3 is 0 Å². The van der Waals surface area contributed by atoms with Gasteiger partial charge in [0.05, 0.1) is 0 Å². The van der Waals surface area contributed by atoms with Gasteiger partial charge in [-0.1, -0.05) is 19.9 Å². The van der Waals surface area contributed by atoms with E-state index in [1.165, 1.54) is 12.8 Å². The molecule has 0 aromatic rings. The molecule has 0 radical (unpaired) electrons. The highest BCUT2D eigenvalue weighted by atomic mass is 15.2. The molecule has 1 heteroatoms. The molecule has 1 heterocycles. The SMILES string of the molecule is CC(C)/C=C1\CCC(C)N1C(C)C. The van der Waals surface area contributed by atoms with E-state index >= 15 is 0 Å². The number of allylic oxidation sites excluding steroid dienone is 2. The summed E-state index contributed by atoms with van der Waals surface area (Å²) in [6.45, 7) is 11.4. The fourth-order valence-corrected chi connectivity index (χ4v) is 2.30. The van der Waals surface area contributed by atoms with Gasteiger partial charge < -0.3 is 4.90 Å². The summed E-state index contributed by atoms with van der Waals surface area (Å²) in [6, 6.07) is 1.40. The predicted molar refractivity (Wildman–Crippen MR) is 58.6 cm³/mol. The van der Waals surface area contributed by atoms with Crippen molar-refractivity contribution < 1.29 is 0 Å². The fraction of sp³-hybridized carbons (Fsp3) is 0.833. The van der Waals surface area contributed by atoms with Crippen molar-refractivity contribution in [1.29, 1.82) is 0 Å². The first-order chi connectivity index (χ1) is 6.02. The first kappa shape index (κ1) is 10.6. The summed E-state index contributed by atoms with van der Waals surface area (Å²) < 4.78 is 0. The van der Waals surface area contributed by atoms with Crippen molar-refractivity contribution in [2.75, 3.05) is 0 Å². The third-order valence-electron chi connectivity index (χ3n) is 2.71. The summed E-state index contributed by atoms with van der Waals surface area (Å²) in [7, 11) is 0. The molecule has 1 atom stereocenters. The minimum absolute atomic E-state index is 0.655. The highest BCUT2D eigenvalue weighted by Crippen LogP contribution is 2.30. The molecule has 0 spiro atoms. The van der Waals surface area contributed by atoms with Gasteiger partial charge in [-0.25, -0.2) is 0 Å². The Bertz CT molecular complexity index is 191. The third kappa shape index (κ3) is 2.49. The van der Waals surface area contributed by atoms with Gasteiger partial charge in [0.15, 0.2) is 0 Å². The van der Waals surface area contributed by atoms with Crippen molar-refractivity contribution in [3.05, 3.63) is 11.8 Å². The molecule has 1 unspecified atom stereocenters. The predicted octanol–water partition coefficient (Wildman–Crippen LogP) is 3.42. The van der Waals surface area contributed by atoms with Crippen LogP contribution in [0.3, 0.4) is 0 Å². The van der Waals surface area contributed by atoms with E-state index in [2.05, 4.69) is 45.6 Å². The van der Waals surface area contributed by atoms with Crippen molar-refractivity contribution >= 4 is 0 Å². The normalized spacial score (nSPS) is 26.8. The first-order valence-corrected chi connectivity index (χ1v) is 5.51. The highest BCUT2D eigenvalue weighted by Gasteiger charge is 2.26. The van der Waals surface area contributed by atoms with E-state index in [0.29, 0.717) is 12.0 Å². The number of hydrogen-bond donors (Lipinski definition) is 0. The Kier molecular flexibility index (Phi) is 3.40. The van der Waals surface area contributed by atoms with Crippen molar-refractivity contribution in [3.8, 4) is 0 Å². The quantitative estimate of drug-likeness (QED) is 0.631. The standard InChI is InChI=1S/C12H23N/c1-9(2)8-12-7-6-11(5)13(12)10(3)4/h8-11H,6-7H2,1-5H3/b12-8+. The fourth-order valence-electron chi connectivity index (χ4n) is 2.30. The average molecular weight is 181 g/mol. The van der Waals surface area contributed by atoms with E-state index in [0.717, 1.165) is 6.04 Å². The Hall–Kier alpha value is -0.460. The maximum atomic E-state index is 2.57. The number of rotatable bonds is 2. The van der Waals surface area contributed by atoms with Gasteiger partial charge in [0.25, 0.3) is 0 Å². The van der Waals surface area contributed by atoms with Crippen molar-refractivity contribution in [3.63, 3.8) is 0 Å². The van der Waals surface area contributed by atoms with Gasteiger partial charge in [-0.3, -0.25) is 0 Å². The minimum Gasteiger partial charge on any atom is -0.370 e. The molecule has 13 heavy (non-hydrogen) atoms. The molecule has 0 aromatic carbocycles. The van der Waals surface area contributed by atoms with Crippen LogP contribution in [0.5, 0.6) is 0 Å². The highest BCUT2D eigenvalue weighted by molar-refractivity contribution is 5.10. The van der Waals surface area contributed by atoms with Crippen LogP contribution in [-0.2, 0) is 0 Å². The minimum atomic E-state index is 0.655. The van der Waals surface area contributed by atoms with Crippen molar-refractivity contribution in [1.82, 2.24) is 4.90 Å². The molecule has 1 rings (SSSR count). The molecule has 0 N–H and O–H groups in total. The molecule has 1 nitrogen and oxygen atoms in total. The van der Waals surface area contributed by atoms with Gasteiger partial charge in [-0.2, -0.15) is 0 Å². The van der Waals surface area contributed by atoms with Crippen LogP contribution in [0.25, 0.3) is 0 Å². The maximum absolute atomic E-state index is 2.57. The van der Waals surface area contributed by atoms with E-state index in [4.69, 9.17) is 0 Å². The molecule has 1 fully saturated rings. The molecule has 1 aliphatic heterocycles. The molecule has 0 aliphatic carbocycles. The Balaban J connectivity index is 2.75. The lowest BCUT2D eigenvalue weighted by molar-refractivity contribution is 0.254. The van der Waals surface area contributed by atoms with Crippen LogP contribution in [0.1, 0.15) is 47.5 Å². The van der Waals surface area contributed by atoms with Crippen LogP contribution in [0.2, 0.25) is 0 Å². The summed E-state index contributed by atoms with van der Waals surface area (Å²) in [5.41, 5.74) is 1.57. The zero-order valence-electron chi connectivity index (χ0n) is 9.67. The summed E-state index contributed by atoms with van der Waals surface area (Å²) in [5.74, 6) is 0.682. The Morgan fingerprint density at radius 1 is 1.31 bits per heavy atom. The Morgan fingerprint density at radius 3 is 2.38 bits per heavy atom. The first-order valence-electron chi connectivity index (χ1n) is 5.51. The molecule has 1 saturated heterocycles. The molecule has 0 amide bonds. The van der Waals surface area contributed by atoms with Gasteiger partial charge in [-0.15, -0.1) is 0 Å². The summed E-state index contributed by atoms with van der Waals surface area (Å²) in [5, 5.41) is 0. The smallest absolute Gasteiger partial charge is 0.0265 e. The topological polar surface area (TPSA) is 3.24 Å². The van der Waals surface area contributed by atoms with E-state index < -0.39 is 0 Å². The largest absolute Gasteiger partial charge is 0.370 e. The van der Waals surface area contributed by atoms with E-state index in [-0.39, 0.29) is 0 Å². The molecule has 0 aromatic heterocycles. The monoisotopic (exact) mass is 181 g/mol. The molecule has 0 bridgehead atoms. The van der Waals surface area contributed by atoms with E-state index in [1.807, 2.05) is 0 Å². The van der Waals surface area contributed by atoms with Gasteiger partial charge in [0, 0.05) is 17.8 Å². The Labute approximate surface area is 82.8 Å². The lowest BCUT2D eigenvalue weighted by atomic mass is 10.1. The third-order valence-corrected chi connectivity index (χ3v) is 2.71. The zero-order chi connectivity index (χ0) is 10.0. The number of nitrogens with zero attached hydrogens (tertiary/aromatic N) is 1. The lowest BCUT2D eigenvalue weighted by Gasteiger charge is -2.30. The van der Waals surface area contributed by atoms with Crippen LogP contribution in [0, 0.1) is 5.92 Å². The summed E-state index contributed by atoms with van der Waals surface area (Å²) in [6.07, 6.45) is 5.03. The van der Waals surface area contributed by atoms with Gasteiger partial charge in [0.2, 0.25) is 0 Å². The molecule has 1 aliphatic rings. The second-order valence-corrected chi connectivity index (χ2v) is 4.79. The van der Waals surface area contributed by atoms with Crippen molar-refractivity contribution in [2.24, 2.45) is 5.92 Å². The summed E-state index contributed by atoms with van der Waals surface area (Å²) >= 11 is 0. The number of hydrogen-bond acceptors (Lipinski definition) is 1. The Morgan fingerprint density at radius 2 is 1.92 bits per heavy atom. The van der Waals surface area contributed by atoms with Gasteiger partial charge in [-0.05, 0) is 39.5 Å². The van der Waals surface area contributed by atoms with Gasteiger partial charge in [0.1, 0.15) is 0 Å². The molecular weight excluding hydrogens is 158 g/mol. The van der Waals surface area contributed by atoms with Crippen LogP contribution in [0.4, 0.5) is 0 Å². The van der Waals surface area contributed by atoms with Crippen LogP contribution in [0.15, 0.2) is 11.8 Å². The zero-order valence-corrected chi connectivity index (χ0v) is 9.67. The van der Waals surface area contributed by atoms with E-state index in [1.54, 1.807) is 5.70 Å². The molecule has 0 saturated carbocycles. The average Bonchev–Trinajstić information content (AvgIpc) is 2.30. The second-order valence-electron chi connectivity index (χ2n) is 4.79. The van der Waals surface area contributed by atoms with E-state index in [9.17, 15) is 0 Å². The van der Waals surface area contributed by atoms with Crippen molar-refractivity contribution in [2.45, 2.75) is 59.5 Å². The molecule has 76 valence electrons. The van der Waals surface area contributed by atoms with Crippen LogP contribution < -0.4 is 0 Å².